The fraction of sp³-hybridized carbons (Fsp3) is 0.190. The Morgan fingerprint density at radius 3 is 2.17 bits per heavy atom. The molecule has 3 N–H and O–H groups in total. The highest BCUT2D eigenvalue weighted by Crippen LogP contribution is 2.40. The highest BCUT2D eigenvalue weighted by molar-refractivity contribution is 5.71. The first-order valence-electron chi connectivity index (χ1n) is 9.00. The highest BCUT2D eigenvalue weighted by Gasteiger charge is 2.14. The molecule has 0 spiro atoms. The lowest BCUT2D eigenvalue weighted by atomic mass is 10.1. The Labute approximate surface area is 173 Å². The molecule has 0 aliphatic carbocycles. The SMILES string of the molecule is COc1cc(Nc2nccc(Nc3ccc(CC(=O)O)cc3)n2)cc(OC)c1OC. The van der Waals surface area contributed by atoms with Crippen molar-refractivity contribution in [3.05, 3.63) is 54.2 Å². The van der Waals surface area contributed by atoms with Gasteiger partial charge in [0.2, 0.25) is 11.7 Å². The number of ether oxygens (including phenoxy) is 3. The van der Waals surface area contributed by atoms with Crippen LogP contribution in [0.4, 0.5) is 23.1 Å². The van der Waals surface area contributed by atoms with Crippen LogP contribution in [0.25, 0.3) is 0 Å². The van der Waals surface area contributed by atoms with E-state index in [-0.39, 0.29) is 6.42 Å². The van der Waals surface area contributed by atoms with E-state index < -0.39 is 5.97 Å². The fourth-order valence-electron chi connectivity index (χ4n) is 2.80. The van der Waals surface area contributed by atoms with Crippen LogP contribution in [0, 0.1) is 0 Å². The summed E-state index contributed by atoms with van der Waals surface area (Å²) in [7, 11) is 4.63. The largest absolute Gasteiger partial charge is 0.493 e. The molecular formula is C21H22N4O5. The van der Waals surface area contributed by atoms with Gasteiger partial charge in [-0.2, -0.15) is 4.98 Å². The highest BCUT2D eigenvalue weighted by atomic mass is 16.5. The second-order valence-corrected chi connectivity index (χ2v) is 6.20. The van der Waals surface area contributed by atoms with Crippen LogP contribution in [0.15, 0.2) is 48.7 Å². The molecule has 0 atom stereocenters. The van der Waals surface area contributed by atoms with Crippen LogP contribution in [0.5, 0.6) is 17.2 Å². The molecule has 3 aromatic rings. The van der Waals surface area contributed by atoms with E-state index in [4.69, 9.17) is 19.3 Å². The summed E-state index contributed by atoms with van der Waals surface area (Å²) < 4.78 is 16.0. The molecule has 9 heteroatoms. The maximum absolute atomic E-state index is 10.8. The first-order chi connectivity index (χ1) is 14.5. The molecule has 3 rings (SSSR count). The summed E-state index contributed by atoms with van der Waals surface area (Å²) in [5, 5.41) is 15.1. The third kappa shape index (κ3) is 5.07. The normalized spacial score (nSPS) is 10.2. The van der Waals surface area contributed by atoms with Gasteiger partial charge in [-0.25, -0.2) is 4.98 Å². The lowest BCUT2D eigenvalue weighted by molar-refractivity contribution is -0.136. The molecule has 0 amide bonds. The number of carboxylic acid groups (broad SMARTS) is 1. The van der Waals surface area contributed by atoms with Gasteiger partial charge in [-0.3, -0.25) is 4.79 Å². The van der Waals surface area contributed by atoms with Gasteiger partial charge >= 0.3 is 5.97 Å². The van der Waals surface area contributed by atoms with E-state index in [0.29, 0.717) is 34.7 Å². The van der Waals surface area contributed by atoms with Crippen molar-refractivity contribution in [3.63, 3.8) is 0 Å². The summed E-state index contributed by atoms with van der Waals surface area (Å²) in [6.45, 7) is 0. The van der Waals surface area contributed by atoms with E-state index in [1.165, 1.54) is 0 Å². The van der Waals surface area contributed by atoms with E-state index in [0.717, 1.165) is 11.3 Å². The minimum atomic E-state index is -0.867. The van der Waals surface area contributed by atoms with Crippen LogP contribution in [0.2, 0.25) is 0 Å². The molecule has 156 valence electrons. The van der Waals surface area contributed by atoms with Gasteiger partial charge in [0.15, 0.2) is 11.5 Å². The van der Waals surface area contributed by atoms with E-state index in [9.17, 15) is 4.79 Å². The number of hydrogen-bond acceptors (Lipinski definition) is 8. The Bertz CT molecular complexity index is 999. The minimum absolute atomic E-state index is 0.0172. The number of carboxylic acids is 1. The molecule has 1 heterocycles. The Balaban J connectivity index is 1.76. The predicted molar refractivity (Wildman–Crippen MR) is 112 cm³/mol. The first kappa shape index (κ1) is 20.7. The lowest BCUT2D eigenvalue weighted by Gasteiger charge is -2.15. The number of nitrogens with one attached hydrogen (secondary N) is 2. The fourth-order valence-corrected chi connectivity index (χ4v) is 2.80. The van der Waals surface area contributed by atoms with Crippen molar-refractivity contribution in [1.82, 2.24) is 9.97 Å². The van der Waals surface area contributed by atoms with Crippen molar-refractivity contribution in [1.29, 1.82) is 0 Å². The van der Waals surface area contributed by atoms with Gasteiger partial charge in [-0.05, 0) is 23.8 Å². The molecule has 0 saturated carbocycles. The molecule has 1 aromatic heterocycles. The van der Waals surface area contributed by atoms with Crippen molar-refractivity contribution in [3.8, 4) is 17.2 Å². The summed E-state index contributed by atoms with van der Waals surface area (Å²) in [5.41, 5.74) is 2.17. The van der Waals surface area contributed by atoms with Gasteiger partial charge in [0, 0.05) is 29.7 Å². The Morgan fingerprint density at radius 2 is 1.60 bits per heavy atom. The zero-order valence-electron chi connectivity index (χ0n) is 16.8. The van der Waals surface area contributed by atoms with Crippen LogP contribution in [0.3, 0.4) is 0 Å². The summed E-state index contributed by atoms with van der Waals surface area (Å²) in [6.07, 6.45) is 1.60. The summed E-state index contributed by atoms with van der Waals surface area (Å²) in [4.78, 5) is 19.5. The molecule has 0 saturated heterocycles. The molecule has 0 bridgehead atoms. The number of aromatic nitrogens is 2. The Hall–Kier alpha value is -4.01. The average molecular weight is 410 g/mol. The van der Waals surface area contributed by atoms with Crippen molar-refractivity contribution in [2.75, 3.05) is 32.0 Å². The molecule has 9 nitrogen and oxygen atoms in total. The molecular weight excluding hydrogens is 388 g/mol. The smallest absolute Gasteiger partial charge is 0.307 e. The number of aliphatic carboxylic acids is 1. The minimum Gasteiger partial charge on any atom is -0.493 e. The van der Waals surface area contributed by atoms with Crippen molar-refractivity contribution in [2.45, 2.75) is 6.42 Å². The average Bonchev–Trinajstić information content (AvgIpc) is 2.74. The molecule has 0 aliphatic heterocycles. The third-order valence-electron chi connectivity index (χ3n) is 4.16. The number of anilines is 4. The summed E-state index contributed by atoms with van der Waals surface area (Å²) >= 11 is 0. The van der Waals surface area contributed by atoms with Crippen LogP contribution >= 0.6 is 0 Å². The number of rotatable bonds is 9. The molecule has 0 unspecified atom stereocenters. The van der Waals surface area contributed by atoms with E-state index in [2.05, 4.69) is 20.6 Å². The van der Waals surface area contributed by atoms with Gasteiger partial charge in [0.05, 0.1) is 27.8 Å². The predicted octanol–water partition coefficient (Wildman–Crippen LogP) is 3.62. The maximum Gasteiger partial charge on any atom is 0.307 e. The summed E-state index contributed by atoms with van der Waals surface area (Å²) in [5.74, 6) is 1.59. The van der Waals surface area contributed by atoms with Crippen LogP contribution in [-0.2, 0) is 11.2 Å². The second-order valence-electron chi connectivity index (χ2n) is 6.20. The number of benzene rings is 2. The number of nitrogens with zero attached hydrogens (tertiary/aromatic N) is 2. The second kappa shape index (κ2) is 9.46. The van der Waals surface area contributed by atoms with Crippen LogP contribution in [-0.4, -0.2) is 42.4 Å². The monoisotopic (exact) mass is 410 g/mol. The summed E-state index contributed by atoms with van der Waals surface area (Å²) in [6, 6.07) is 12.3. The standard InChI is InChI=1S/C21H22N4O5/c1-28-16-11-15(12-17(29-2)20(16)30-3)24-21-22-9-8-18(25-21)23-14-6-4-13(5-7-14)10-19(26)27/h4-9,11-12H,10H2,1-3H3,(H,26,27)(H2,22,23,24,25). The molecule has 0 fully saturated rings. The van der Waals surface area contributed by atoms with E-state index in [1.807, 2.05) is 0 Å². The lowest BCUT2D eigenvalue weighted by Crippen LogP contribution is -2.02. The number of hydrogen-bond donors (Lipinski definition) is 3. The Morgan fingerprint density at radius 1 is 0.933 bits per heavy atom. The van der Waals surface area contributed by atoms with Gasteiger partial charge in [0.1, 0.15) is 5.82 Å². The van der Waals surface area contributed by atoms with Gasteiger partial charge < -0.3 is 30.0 Å². The molecule has 0 radical (unpaired) electrons. The molecule has 0 aliphatic rings. The van der Waals surface area contributed by atoms with Crippen molar-refractivity contribution >= 4 is 29.1 Å². The van der Waals surface area contributed by atoms with Gasteiger partial charge in [0.25, 0.3) is 0 Å². The maximum atomic E-state index is 10.8. The number of carbonyl (C=O) groups is 1. The van der Waals surface area contributed by atoms with Gasteiger partial charge in [-0.15, -0.1) is 0 Å². The Kier molecular flexibility index (Phi) is 6.53. The van der Waals surface area contributed by atoms with Crippen molar-refractivity contribution in [2.24, 2.45) is 0 Å². The zero-order valence-corrected chi connectivity index (χ0v) is 16.8. The van der Waals surface area contributed by atoms with E-state index >= 15 is 0 Å². The molecule has 30 heavy (non-hydrogen) atoms. The quantitative estimate of drug-likeness (QED) is 0.486. The van der Waals surface area contributed by atoms with Crippen molar-refractivity contribution < 1.29 is 24.1 Å². The van der Waals surface area contributed by atoms with E-state index in [1.54, 1.807) is 70.0 Å². The van der Waals surface area contributed by atoms with Crippen LogP contribution < -0.4 is 24.8 Å². The third-order valence-corrected chi connectivity index (χ3v) is 4.16. The first-order valence-corrected chi connectivity index (χ1v) is 9.00. The van der Waals surface area contributed by atoms with Crippen LogP contribution in [0.1, 0.15) is 5.56 Å². The zero-order chi connectivity index (χ0) is 21.5. The van der Waals surface area contributed by atoms with Gasteiger partial charge in [-0.1, -0.05) is 12.1 Å². The molecule has 2 aromatic carbocycles. The topological polar surface area (TPSA) is 115 Å². The number of methoxy groups -OCH3 is 3.